The van der Waals surface area contributed by atoms with Crippen molar-refractivity contribution in [3.8, 4) is 0 Å². The van der Waals surface area contributed by atoms with E-state index in [1.807, 2.05) is 7.11 Å². The van der Waals surface area contributed by atoms with Gasteiger partial charge in [0, 0.05) is 33.3 Å². The molecule has 2 saturated heterocycles. The SMILES string of the molecule is COC1CCN(CC2CCC(CN)O2)CC1. The van der Waals surface area contributed by atoms with E-state index >= 15 is 0 Å². The topological polar surface area (TPSA) is 47.7 Å². The summed E-state index contributed by atoms with van der Waals surface area (Å²) in [6.07, 6.45) is 5.81. The van der Waals surface area contributed by atoms with Crippen LogP contribution in [0.3, 0.4) is 0 Å². The van der Waals surface area contributed by atoms with Crippen LogP contribution in [0.2, 0.25) is 0 Å². The molecule has 0 saturated carbocycles. The molecule has 0 aromatic rings. The fourth-order valence-corrected chi connectivity index (χ4v) is 2.70. The molecule has 4 nitrogen and oxygen atoms in total. The first-order chi connectivity index (χ1) is 7.81. The Balaban J connectivity index is 1.67. The van der Waals surface area contributed by atoms with E-state index in [2.05, 4.69) is 4.90 Å². The molecule has 2 aliphatic rings. The molecule has 2 N–H and O–H groups in total. The van der Waals surface area contributed by atoms with Gasteiger partial charge in [-0.25, -0.2) is 0 Å². The molecule has 2 rings (SSSR count). The smallest absolute Gasteiger partial charge is 0.0707 e. The van der Waals surface area contributed by atoms with Gasteiger partial charge in [-0.1, -0.05) is 0 Å². The Morgan fingerprint density at radius 3 is 2.44 bits per heavy atom. The number of rotatable bonds is 4. The van der Waals surface area contributed by atoms with Crippen molar-refractivity contribution in [2.45, 2.75) is 44.0 Å². The van der Waals surface area contributed by atoms with Crippen molar-refractivity contribution in [2.24, 2.45) is 5.73 Å². The van der Waals surface area contributed by atoms with Crippen LogP contribution in [0.5, 0.6) is 0 Å². The maximum absolute atomic E-state index is 5.87. The third-order valence-corrected chi connectivity index (χ3v) is 3.79. The highest BCUT2D eigenvalue weighted by atomic mass is 16.5. The minimum Gasteiger partial charge on any atom is -0.381 e. The van der Waals surface area contributed by atoms with Crippen LogP contribution < -0.4 is 5.73 Å². The van der Waals surface area contributed by atoms with E-state index in [-0.39, 0.29) is 0 Å². The second-order valence-electron chi connectivity index (χ2n) is 4.93. The van der Waals surface area contributed by atoms with E-state index < -0.39 is 0 Å². The molecule has 16 heavy (non-hydrogen) atoms. The van der Waals surface area contributed by atoms with Crippen LogP contribution in [0.1, 0.15) is 25.7 Å². The minimum atomic E-state index is 0.307. The lowest BCUT2D eigenvalue weighted by Gasteiger charge is -2.32. The zero-order chi connectivity index (χ0) is 11.4. The summed E-state index contributed by atoms with van der Waals surface area (Å²) in [5, 5.41) is 0. The third-order valence-electron chi connectivity index (χ3n) is 3.79. The highest BCUT2D eigenvalue weighted by Crippen LogP contribution is 2.21. The number of nitrogens with zero attached hydrogens (tertiary/aromatic N) is 1. The quantitative estimate of drug-likeness (QED) is 0.765. The normalized spacial score (nSPS) is 33.4. The van der Waals surface area contributed by atoms with Gasteiger partial charge >= 0.3 is 0 Å². The van der Waals surface area contributed by atoms with Gasteiger partial charge in [-0.05, 0) is 25.7 Å². The summed E-state index contributed by atoms with van der Waals surface area (Å²) < 4.78 is 11.2. The van der Waals surface area contributed by atoms with Crippen LogP contribution in [-0.2, 0) is 9.47 Å². The predicted octanol–water partition coefficient (Wildman–Crippen LogP) is 0.604. The van der Waals surface area contributed by atoms with Gasteiger partial charge in [-0.3, -0.25) is 0 Å². The van der Waals surface area contributed by atoms with E-state index in [1.54, 1.807) is 0 Å². The molecule has 2 unspecified atom stereocenters. The number of methoxy groups -OCH3 is 1. The molecule has 2 heterocycles. The van der Waals surface area contributed by atoms with Crippen LogP contribution in [-0.4, -0.2) is 56.5 Å². The Bertz CT molecular complexity index is 205. The number of ether oxygens (including phenoxy) is 2. The van der Waals surface area contributed by atoms with Crippen molar-refractivity contribution in [1.82, 2.24) is 4.90 Å². The van der Waals surface area contributed by atoms with Gasteiger partial charge in [0.1, 0.15) is 0 Å². The molecular formula is C12H24N2O2. The molecule has 0 aromatic carbocycles. The van der Waals surface area contributed by atoms with Crippen LogP contribution >= 0.6 is 0 Å². The van der Waals surface area contributed by atoms with Crippen molar-refractivity contribution in [3.63, 3.8) is 0 Å². The summed E-state index contributed by atoms with van der Waals surface area (Å²) in [5.74, 6) is 0. The number of hydrogen-bond acceptors (Lipinski definition) is 4. The van der Waals surface area contributed by atoms with E-state index in [0.29, 0.717) is 24.9 Å². The number of nitrogens with two attached hydrogens (primary N) is 1. The molecule has 2 aliphatic heterocycles. The monoisotopic (exact) mass is 228 g/mol. The molecule has 0 amide bonds. The summed E-state index contributed by atoms with van der Waals surface area (Å²) >= 11 is 0. The molecule has 4 heteroatoms. The Hall–Kier alpha value is -0.160. The largest absolute Gasteiger partial charge is 0.381 e. The van der Waals surface area contributed by atoms with Crippen molar-refractivity contribution < 1.29 is 9.47 Å². The molecule has 0 radical (unpaired) electrons. The molecule has 2 atom stereocenters. The van der Waals surface area contributed by atoms with E-state index in [0.717, 1.165) is 38.9 Å². The Morgan fingerprint density at radius 2 is 1.88 bits per heavy atom. The molecular weight excluding hydrogens is 204 g/mol. The van der Waals surface area contributed by atoms with Crippen molar-refractivity contribution in [2.75, 3.05) is 33.3 Å². The average Bonchev–Trinajstić information content (AvgIpc) is 2.78. The van der Waals surface area contributed by atoms with Gasteiger partial charge in [0.2, 0.25) is 0 Å². The van der Waals surface area contributed by atoms with Crippen LogP contribution in [0, 0.1) is 0 Å². The molecule has 2 fully saturated rings. The first kappa shape index (κ1) is 12.3. The first-order valence-electron chi connectivity index (χ1n) is 6.42. The fourth-order valence-electron chi connectivity index (χ4n) is 2.70. The summed E-state index contributed by atoms with van der Waals surface area (Å²) in [6, 6.07) is 0. The van der Waals surface area contributed by atoms with Crippen LogP contribution in [0.4, 0.5) is 0 Å². The van der Waals surface area contributed by atoms with Crippen molar-refractivity contribution in [3.05, 3.63) is 0 Å². The van der Waals surface area contributed by atoms with E-state index in [9.17, 15) is 0 Å². The van der Waals surface area contributed by atoms with E-state index in [1.165, 1.54) is 6.42 Å². The van der Waals surface area contributed by atoms with Crippen molar-refractivity contribution >= 4 is 0 Å². The highest BCUT2D eigenvalue weighted by molar-refractivity contribution is 4.80. The Morgan fingerprint density at radius 1 is 1.19 bits per heavy atom. The van der Waals surface area contributed by atoms with Crippen molar-refractivity contribution in [1.29, 1.82) is 0 Å². The fraction of sp³-hybridized carbons (Fsp3) is 1.00. The van der Waals surface area contributed by atoms with Gasteiger partial charge in [0.05, 0.1) is 18.3 Å². The standard InChI is InChI=1S/C12H24N2O2/c1-15-10-4-6-14(7-5-10)9-12-3-2-11(8-13)16-12/h10-12H,2-9,13H2,1H3. The Kier molecular flexibility index (Phi) is 4.58. The Labute approximate surface area is 98.1 Å². The number of likely N-dealkylation sites (tertiary alicyclic amines) is 1. The summed E-state index contributed by atoms with van der Waals surface area (Å²) in [4.78, 5) is 2.50. The lowest BCUT2D eigenvalue weighted by Crippen LogP contribution is -2.41. The molecule has 94 valence electrons. The van der Waals surface area contributed by atoms with Gasteiger partial charge in [-0.15, -0.1) is 0 Å². The number of piperidine rings is 1. The zero-order valence-electron chi connectivity index (χ0n) is 10.2. The van der Waals surface area contributed by atoms with Gasteiger partial charge in [0.25, 0.3) is 0 Å². The molecule has 0 bridgehead atoms. The van der Waals surface area contributed by atoms with Crippen LogP contribution in [0.15, 0.2) is 0 Å². The molecule has 0 aromatic heterocycles. The number of hydrogen-bond donors (Lipinski definition) is 1. The second-order valence-corrected chi connectivity index (χ2v) is 4.93. The van der Waals surface area contributed by atoms with Gasteiger partial charge in [0.15, 0.2) is 0 Å². The highest BCUT2D eigenvalue weighted by Gasteiger charge is 2.27. The maximum atomic E-state index is 5.87. The zero-order valence-corrected chi connectivity index (χ0v) is 10.2. The summed E-state index contributed by atoms with van der Waals surface area (Å²) in [7, 11) is 1.81. The molecule has 0 aliphatic carbocycles. The molecule has 0 spiro atoms. The van der Waals surface area contributed by atoms with E-state index in [4.69, 9.17) is 15.2 Å². The first-order valence-corrected chi connectivity index (χ1v) is 6.42. The minimum absolute atomic E-state index is 0.307. The van der Waals surface area contributed by atoms with Gasteiger partial charge in [-0.2, -0.15) is 0 Å². The second kappa shape index (κ2) is 5.96. The lowest BCUT2D eigenvalue weighted by atomic mass is 10.1. The summed E-state index contributed by atoms with van der Waals surface area (Å²) in [6.45, 7) is 4.03. The average molecular weight is 228 g/mol. The third kappa shape index (κ3) is 3.17. The maximum Gasteiger partial charge on any atom is 0.0707 e. The van der Waals surface area contributed by atoms with Crippen LogP contribution in [0.25, 0.3) is 0 Å². The van der Waals surface area contributed by atoms with Gasteiger partial charge < -0.3 is 20.1 Å². The predicted molar refractivity (Wildman–Crippen MR) is 63.4 cm³/mol. The summed E-state index contributed by atoms with van der Waals surface area (Å²) in [5.41, 5.74) is 5.61. The lowest BCUT2D eigenvalue weighted by molar-refractivity contribution is 0.000409.